The summed E-state index contributed by atoms with van der Waals surface area (Å²) < 4.78 is 2.16. The van der Waals surface area contributed by atoms with Crippen LogP contribution < -0.4 is 5.32 Å². The number of aryl methyl sites for hydroxylation is 1. The van der Waals surface area contributed by atoms with Crippen molar-refractivity contribution in [1.29, 1.82) is 0 Å². The summed E-state index contributed by atoms with van der Waals surface area (Å²) in [7, 11) is 0. The molecule has 0 fully saturated rings. The van der Waals surface area contributed by atoms with Crippen LogP contribution in [0.1, 0.15) is 47.3 Å². The topological polar surface area (TPSA) is 59.8 Å². The number of fused-ring (bicyclic) bond motifs is 1. The van der Waals surface area contributed by atoms with E-state index in [1.54, 1.807) is 18.0 Å². The first-order valence-corrected chi connectivity index (χ1v) is 11.9. The van der Waals surface area contributed by atoms with E-state index in [1.807, 2.05) is 43.3 Å². The molecule has 164 valence electrons. The summed E-state index contributed by atoms with van der Waals surface area (Å²) in [6.07, 6.45) is 2.71. The third kappa shape index (κ3) is 5.19. The van der Waals surface area contributed by atoms with Gasteiger partial charge in [0, 0.05) is 23.6 Å². The Bertz CT molecular complexity index is 1200. The molecule has 0 aliphatic rings. The summed E-state index contributed by atoms with van der Waals surface area (Å²) in [4.78, 5) is 21.8. The fourth-order valence-electron chi connectivity index (χ4n) is 3.38. The zero-order valence-corrected chi connectivity index (χ0v) is 19.5. The predicted molar refractivity (Wildman–Crippen MR) is 131 cm³/mol. The molecule has 0 aliphatic carbocycles. The van der Waals surface area contributed by atoms with Gasteiger partial charge in [-0.3, -0.25) is 9.36 Å². The molecule has 0 saturated heterocycles. The lowest BCUT2D eigenvalue weighted by atomic mass is 10.1. The molecule has 1 N–H and O–H groups in total. The normalized spacial score (nSPS) is 12.1. The minimum atomic E-state index is -0.0324. The van der Waals surface area contributed by atoms with Crippen LogP contribution in [0.5, 0.6) is 0 Å². The van der Waals surface area contributed by atoms with Gasteiger partial charge in [0.15, 0.2) is 10.8 Å². The van der Waals surface area contributed by atoms with Crippen molar-refractivity contribution in [1.82, 2.24) is 19.9 Å². The molecule has 0 saturated carbocycles. The van der Waals surface area contributed by atoms with Crippen LogP contribution in [-0.2, 0) is 12.3 Å². The number of amides is 1. The molecule has 4 aromatic rings. The highest BCUT2D eigenvalue weighted by molar-refractivity contribution is 7.98. The number of imidazole rings is 1. The number of nitrogens with zero attached hydrogens (tertiary/aromatic N) is 3. The van der Waals surface area contributed by atoms with E-state index in [0.29, 0.717) is 12.1 Å². The molecule has 5 nitrogen and oxygen atoms in total. The summed E-state index contributed by atoms with van der Waals surface area (Å²) in [5.74, 6) is 0.813. The second-order valence-electron chi connectivity index (χ2n) is 8.08. The summed E-state index contributed by atoms with van der Waals surface area (Å²) in [5.41, 5.74) is 6.07. The van der Waals surface area contributed by atoms with E-state index >= 15 is 0 Å². The van der Waals surface area contributed by atoms with Gasteiger partial charge in [0.2, 0.25) is 0 Å². The fourth-order valence-corrected chi connectivity index (χ4v) is 4.33. The molecular weight excluding hydrogens is 416 g/mol. The summed E-state index contributed by atoms with van der Waals surface area (Å²) >= 11 is 1.72. The van der Waals surface area contributed by atoms with Gasteiger partial charge in [-0.05, 0) is 55.7 Å². The Morgan fingerprint density at radius 3 is 2.50 bits per heavy atom. The van der Waals surface area contributed by atoms with Crippen molar-refractivity contribution in [3.05, 3.63) is 89.1 Å². The van der Waals surface area contributed by atoms with Crippen LogP contribution in [0, 0.1) is 6.92 Å². The van der Waals surface area contributed by atoms with Crippen LogP contribution in [0.25, 0.3) is 11.2 Å². The first-order chi connectivity index (χ1) is 15.5. The molecule has 0 bridgehead atoms. The van der Waals surface area contributed by atoms with Gasteiger partial charge in [0.25, 0.3) is 5.91 Å². The molecule has 2 aromatic heterocycles. The van der Waals surface area contributed by atoms with Gasteiger partial charge in [0.1, 0.15) is 5.52 Å². The van der Waals surface area contributed by atoms with Gasteiger partial charge in [-0.1, -0.05) is 60.6 Å². The second-order valence-corrected chi connectivity index (χ2v) is 9.02. The van der Waals surface area contributed by atoms with Crippen LogP contribution in [0.15, 0.2) is 72.0 Å². The molecule has 2 aromatic carbocycles. The average molecular weight is 445 g/mol. The molecule has 0 aliphatic heterocycles. The maximum absolute atomic E-state index is 12.4. The Morgan fingerprint density at radius 2 is 1.78 bits per heavy atom. The van der Waals surface area contributed by atoms with Crippen LogP contribution in [0.2, 0.25) is 0 Å². The summed E-state index contributed by atoms with van der Waals surface area (Å²) in [5, 5.41) is 3.95. The summed E-state index contributed by atoms with van der Waals surface area (Å²) in [6.45, 7) is 6.82. The van der Waals surface area contributed by atoms with Gasteiger partial charge >= 0.3 is 0 Å². The van der Waals surface area contributed by atoms with Crippen molar-refractivity contribution in [2.75, 3.05) is 0 Å². The number of carbonyl (C=O) groups excluding carboxylic acids is 1. The number of nitrogens with one attached hydrogen (secondary N) is 1. The Morgan fingerprint density at radius 1 is 1.06 bits per heavy atom. The second kappa shape index (κ2) is 10.0. The maximum atomic E-state index is 12.4. The molecule has 2 heterocycles. The molecule has 32 heavy (non-hydrogen) atoms. The van der Waals surface area contributed by atoms with Gasteiger partial charge in [0.05, 0.1) is 6.54 Å². The van der Waals surface area contributed by atoms with Crippen molar-refractivity contribution in [2.45, 2.75) is 50.7 Å². The van der Waals surface area contributed by atoms with Crippen molar-refractivity contribution in [3.63, 3.8) is 0 Å². The van der Waals surface area contributed by atoms with E-state index in [2.05, 4.69) is 53.0 Å². The molecule has 1 unspecified atom stereocenters. The maximum Gasteiger partial charge on any atom is 0.251 e. The standard InChI is InChI=1S/C26H28N4OS/c1-4-19(3)28-25(31)22-13-11-20(12-14-22)16-30-24-23(6-5-15-27-24)29-26(30)32-17-21-9-7-18(2)8-10-21/h5-15,19H,4,16-17H2,1-3H3,(H,28,31). The molecule has 0 radical (unpaired) electrons. The number of carbonyl (C=O) groups is 1. The van der Waals surface area contributed by atoms with E-state index in [9.17, 15) is 4.79 Å². The van der Waals surface area contributed by atoms with Crippen molar-refractivity contribution in [3.8, 4) is 0 Å². The van der Waals surface area contributed by atoms with Gasteiger partial charge in [-0.2, -0.15) is 0 Å². The Labute approximate surface area is 193 Å². The lowest BCUT2D eigenvalue weighted by molar-refractivity contribution is 0.0939. The smallest absolute Gasteiger partial charge is 0.251 e. The monoisotopic (exact) mass is 444 g/mol. The number of pyridine rings is 1. The highest BCUT2D eigenvalue weighted by atomic mass is 32.2. The lowest BCUT2D eigenvalue weighted by Crippen LogP contribution is -2.31. The Balaban J connectivity index is 1.54. The molecule has 1 atom stereocenters. The number of thioether (sulfide) groups is 1. The third-order valence-electron chi connectivity index (χ3n) is 5.50. The molecule has 6 heteroatoms. The first-order valence-electron chi connectivity index (χ1n) is 10.9. The van der Waals surface area contributed by atoms with Crippen LogP contribution in [-0.4, -0.2) is 26.5 Å². The predicted octanol–water partition coefficient (Wildman–Crippen LogP) is 5.61. The molecule has 1 amide bonds. The zero-order chi connectivity index (χ0) is 22.5. The minimum Gasteiger partial charge on any atom is -0.350 e. The number of rotatable bonds is 8. The third-order valence-corrected chi connectivity index (χ3v) is 6.55. The Kier molecular flexibility index (Phi) is 6.90. The number of hydrogen-bond acceptors (Lipinski definition) is 4. The molecular formula is C26H28N4OS. The number of hydrogen-bond donors (Lipinski definition) is 1. The van der Waals surface area contributed by atoms with E-state index in [0.717, 1.165) is 34.1 Å². The quantitative estimate of drug-likeness (QED) is 0.359. The van der Waals surface area contributed by atoms with E-state index in [1.165, 1.54) is 11.1 Å². The van der Waals surface area contributed by atoms with Crippen LogP contribution in [0.4, 0.5) is 0 Å². The van der Waals surface area contributed by atoms with E-state index < -0.39 is 0 Å². The van der Waals surface area contributed by atoms with Crippen molar-refractivity contribution in [2.24, 2.45) is 0 Å². The number of aromatic nitrogens is 3. The van der Waals surface area contributed by atoms with Crippen molar-refractivity contribution < 1.29 is 4.79 Å². The number of benzene rings is 2. The lowest BCUT2D eigenvalue weighted by Gasteiger charge is -2.12. The van der Waals surface area contributed by atoms with E-state index in [-0.39, 0.29) is 11.9 Å². The van der Waals surface area contributed by atoms with Crippen molar-refractivity contribution >= 4 is 28.8 Å². The van der Waals surface area contributed by atoms with Gasteiger partial charge in [-0.25, -0.2) is 9.97 Å². The SMILES string of the molecule is CCC(C)NC(=O)c1ccc(Cn2c(SCc3ccc(C)cc3)nc3cccnc32)cc1. The minimum absolute atomic E-state index is 0.0324. The largest absolute Gasteiger partial charge is 0.350 e. The zero-order valence-electron chi connectivity index (χ0n) is 18.7. The molecule has 0 spiro atoms. The summed E-state index contributed by atoms with van der Waals surface area (Å²) in [6, 6.07) is 20.5. The fraction of sp³-hybridized carbons (Fsp3) is 0.269. The highest BCUT2D eigenvalue weighted by Gasteiger charge is 2.14. The average Bonchev–Trinajstić information content (AvgIpc) is 3.16. The molecule has 4 rings (SSSR count). The van der Waals surface area contributed by atoms with E-state index in [4.69, 9.17) is 4.98 Å². The van der Waals surface area contributed by atoms with Crippen LogP contribution >= 0.6 is 11.8 Å². The van der Waals surface area contributed by atoms with Gasteiger partial charge in [-0.15, -0.1) is 0 Å². The Hall–Kier alpha value is -3.12. The highest BCUT2D eigenvalue weighted by Crippen LogP contribution is 2.27. The van der Waals surface area contributed by atoms with Gasteiger partial charge < -0.3 is 5.32 Å². The van der Waals surface area contributed by atoms with Crippen LogP contribution in [0.3, 0.4) is 0 Å². The first kappa shape index (κ1) is 22.1.